The number of halogens is 1. The summed E-state index contributed by atoms with van der Waals surface area (Å²) in [6, 6.07) is 5.81. The summed E-state index contributed by atoms with van der Waals surface area (Å²) in [6.45, 7) is 0.599. The van der Waals surface area contributed by atoms with Gasteiger partial charge in [-0.15, -0.1) is 0 Å². The number of nitrogen functional groups attached to an aromatic ring is 1. The summed E-state index contributed by atoms with van der Waals surface area (Å²) in [7, 11) is 3.50. The van der Waals surface area contributed by atoms with Crippen LogP contribution in [0.15, 0.2) is 18.2 Å². The van der Waals surface area contributed by atoms with Gasteiger partial charge in [0.1, 0.15) is 0 Å². The molecule has 0 saturated carbocycles. The van der Waals surface area contributed by atoms with E-state index in [9.17, 15) is 4.79 Å². The van der Waals surface area contributed by atoms with E-state index >= 15 is 0 Å². The number of carbonyl (C=O) groups is 1. The maximum atomic E-state index is 11.3. The van der Waals surface area contributed by atoms with Gasteiger partial charge in [0.25, 0.3) is 0 Å². The molecule has 1 aromatic rings. The molecule has 3 N–H and O–H groups in total. The average Bonchev–Trinajstić information content (AvgIpc) is 2.20. The number of benzene rings is 1. The highest BCUT2D eigenvalue weighted by Gasteiger charge is 2.04. The molecular weight excluding hydrogens is 317 g/mol. The standard InChI is InChI=1S/C11H16IN3O/c1-15(2)11(16)5-6-14-10-4-3-8(12)7-9(10)13/h3-4,7,14H,5-6,13H2,1-2H3. The van der Waals surface area contributed by atoms with Crippen LogP contribution in [0.4, 0.5) is 11.4 Å². The summed E-state index contributed by atoms with van der Waals surface area (Å²) >= 11 is 2.21. The van der Waals surface area contributed by atoms with Crippen molar-refractivity contribution in [1.29, 1.82) is 0 Å². The summed E-state index contributed by atoms with van der Waals surface area (Å²) in [5.74, 6) is 0.108. The quantitative estimate of drug-likeness (QED) is 0.652. The first-order chi connectivity index (χ1) is 7.50. The SMILES string of the molecule is CN(C)C(=O)CCNc1ccc(I)cc1N. The highest BCUT2D eigenvalue weighted by molar-refractivity contribution is 14.1. The highest BCUT2D eigenvalue weighted by atomic mass is 127. The Hall–Kier alpha value is -0.980. The molecule has 0 radical (unpaired) electrons. The van der Waals surface area contributed by atoms with Crippen LogP contribution in [0.25, 0.3) is 0 Å². The molecule has 0 saturated heterocycles. The average molecular weight is 333 g/mol. The predicted molar refractivity (Wildman–Crippen MR) is 75.4 cm³/mol. The number of nitrogens with one attached hydrogen (secondary N) is 1. The van der Waals surface area contributed by atoms with Gasteiger partial charge >= 0.3 is 0 Å². The van der Waals surface area contributed by atoms with E-state index in [4.69, 9.17) is 5.73 Å². The molecule has 1 rings (SSSR count). The first kappa shape index (κ1) is 13.1. The molecule has 1 aromatic carbocycles. The third-order valence-electron chi connectivity index (χ3n) is 2.17. The summed E-state index contributed by atoms with van der Waals surface area (Å²) < 4.78 is 1.10. The van der Waals surface area contributed by atoms with Crippen LogP contribution in [-0.2, 0) is 4.79 Å². The smallest absolute Gasteiger partial charge is 0.223 e. The van der Waals surface area contributed by atoms with E-state index in [1.807, 2.05) is 18.2 Å². The maximum Gasteiger partial charge on any atom is 0.223 e. The number of hydrogen-bond acceptors (Lipinski definition) is 3. The van der Waals surface area contributed by atoms with E-state index in [2.05, 4.69) is 27.9 Å². The number of nitrogens with two attached hydrogens (primary N) is 1. The minimum absolute atomic E-state index is 0.108. The van der Waals surface area contributed by atoms with Crippen LogP contribution in [0, 0.1) is 3.57 Å². The molecule has 0 fully saturated rings. The third-order valence-corrected chi connectivity index (χ3v) is 2.84. The Labute approximate surface area is 109 Å². The van der Waals surface area contributed by atoms with Gasteiger partial charge in [-0.25, -0.2) is 0 Å². The molecular formula is C11H16IN3O. The normalized spacial score (nSPS) is 9.94. The van der Waals surface area contributed by atoms with Crippen molar-refractivity contribution in [2.75, 3.05) is 31.7 Å². The van der Waals surface area contributed by atoms with E-state index in [0.29, 0.717) is 18.7 Å². The van der Waals surface area contributed by atoms with Gasteiger partial charge in [0.05, 0.1) is 11.4 Å². The molecule has 0 aromatic heterocycles. The van der Waals surface area contributed by atoms with Crippen molar-refractivity contribution in [2.24, 2.45) is 0 Å². The number of nitrogens with zero attached hydrogens (tertiary/aromatic N) is 1. The van der Waals surface area contributed by atoms with E-state index < -0.39 is 0 Å². The zero-order valence-corrected chi connectivity index (χ0v) is 11.6. The number of rotatable bonds is 4. The molecule has 0 unspecified atom stereocenters. The van der Waals surface area contributed by atoms with Crippen molar-refractivity contribution >= 4 is 39.9 Å². The van der Waals surface area contributed by atoms with E-state index in [1.165, 1.54) is 0 Å². The third kappa shape index (κ3) is 3.88. The Kier molecular flexibility index (Phi) is 4.85. The fourth-order valence-electron chi connectivity index (χ4n) is 1.22. The molecule has 0 spiro atoms. The molecule has 4 nitrogen and oxygen atoms in total. The van der Waals surface area contributed by atoms with Gasteiger partial charge in [-0.2, -0.15) is 0 Å². The van der Waals surface area contributed by atoms with Crippen molar-refractivity contribution in [3.63, 3.8) is 0 Å². The molecule has 0 aliphatic heterocycles. The predicted octanol–water partition coefficient (Wildman–Crippen LogP) is 1.76. The van der Waals surface area contributed by atoms with E-state index in [0.717, 1.165) is 9.26 Å². The molecule has 0 bridgehead atoms. The van der Waals surface area contributed by atoms with E-state index in [-0.39, 0.29) is 5.91 Å². The lowest BCUT2D eigenvalue weighted by molar-refractivity contribution is -0.128. The summed E-state index contributed by atoms with van der Waals surface area (Å²) in [5.41, 5.74) is 7.43. The van der Waals surface area contributed by atoms with Crippen molar-refractivity contribution in [1.82, 2.24) is 4.90 Å². The van der Waals surface area contributed by atoms with Crippen molar-refractivity contribution in [3.05, 3.63) is 21.8 Å². The summed E-state index contributed by atoms with van der Waals surface area (Å²) in [6.07, 6.45) is 0.471. The molecule has 0 aliphatic carbocycles. The molecule has 88 valence electrons. The minimum atomic E-state index is 0.108. The lowest BCUT2D eigenvalue weighted by Crippen LogP contribution is -2.24. The lowest BCUT2D eigenvalue weighted by atomic mass is 10.2. The number of anilines is 2. The largest absolute Gasteiger partial charge is 0.397 e. The molecule has 0 atom stereocenters. The second-order valence-electron chi connectivity index (χ2n) is 3.70. The van der Waals surface area contributed by atoms with Crippen molar-refractivity contribution in [3.8, 4) is 0 Å². The topological polar surface area (TPSA) is 58.4 Å². The Morgan fingerprint density at radius 3 is 2.75 bits per heavy atom. The molecule has 5 heteroatoms. The lowest BCUT2D eigenvalue weighted by Gasteiger charge is -2.12. The molecule has 16 heavy (non-hydrogen) atoms. The fourth-order valence-corrected chi connectivity index (χ4v) is 1.74. The van der Waals surface area contributed by atoms with Crippen LogP contribution in [-0.4, -0.2) is 31.4 Å². The van der Waals surface area contributed by atoms with Gasteiger partial charge in [0, 0.05) is 30.6 Å². The monoisotopic (exact) mass is 333 g/mol. The van der Waals surface area contributed by atoms with Crippen molar-refractivity contribution in [2.45, 2.75) is 6.42 Å². The molecule has 0 heterocycles. The van der Waals surface area contributed by atoms with Gasteiger partial charge < -0.3 is 16.0 Å². The van der Waals surface area contributed by atoms with Crippen LogP contribution in [0.1, 0.15) is 6.42 Å². The van der Waals surface area contributed by atoms with Crippen LogP contribution < -0.4 is 11.1 Å². The number of hydrogen-bond donors (Lipinski definition) is 2. The second-order valence-corrected chi connectivity index (χ2v) is 4.94. The summed E-state index contributed by atoms with van der Waals surface area (Å²) in [4.78, 5) is 12.9. The maximum absolute atomic E-state index is 11.3. The minimum Gasteiger partial charge on any atom is -0.397 e. The number of amides is 1. The van der Waals surface area contributed by atoms with E-state index in [1.54, 1.807) is 19.0 Å². The van der Waals surface area contributed by atoms with Crippen molar-refractivity contribution < 1.29 is 4.79 Å². The molecule has 1 amide bonds. The Morgan fingerprint density at radius 1 is 1.50 bits per heavy atom. The number of carbonyl (C=O) groups excluding carboxylic acids is 1. The zero-order valence-electron chi connectivity index (χ0n) is 9.46. The Bertz CT molecular complexity index is 379. The molecule has 0 aliphatic rings. The van der Waals surface area contributed by atoms with Gasteiger partial charge in [-0.1, -0.05) is 0 Å². The Balaban J connectivity index is 2.46. The van der Waals surface area contributed by atoms with Gasteiger partial charge in [0.15, 0.2) is 0 Å². The van der Waals surface area contributed by atoms with Gasteiger partial charge in [-0.3, -0.25) is 4.79 Å². The second kappa shape index (κ2) is 5.93. The Morgan fingerprint density at radius 2 is 2.19 bits per heavy atom. The van der Waals surface area contributed by atoms with Gasteiger partial charge in [0.2, 0.25) is 5.91 Å². The van der Waals surface area contributed by atoms with Crippen LogP contribution in [0.2, 0.25) is 0 Å². The van der Waals surface area contributed by atoms with Gasteiger partial charge in [-0.05, 0) is 40.8 Å². The van der Waals surface area contributed by atoms with Crippen LogP contribution >= 0.6 is 22.6 Å². The first-order valence-corrected chi connectivity index (χ1v) is 6.07. The summed E-state index contributed by atoms with van der Waals surface area (Å²) in [5, 5.41) is 3.15. The highest BCUT2D eigenvalue weighted by Crippen LogP contribution is 2.20. The zero-order chi connectivity index (χ0) is 12.1. The van der Waals surface area contributed by atoms with Crippen LogP contribution in [0.5, 0.6) is 0 Å². The first-order valence-electron chi connectivity index (χ1n) is 4.99. The fraction of sp³-hybridized carbons (Fsp3) is 0.364. The van der Waals surface area contributed by atoms with Crippen LogP contribution in [0.3, 0.4) is 0 Å².